The Balaban J connectivity index is 0.554. The summed E-state index contributed by atoms with van der Waals surface area (Å²) in [6.45, 7) is 6.12. The second-order valence-corrected chi connectivity index (χ2v) is 30.1. The number of aliphatic hydroxyl groups excluding tert-OH is 2. The maximum Gasteiger partial charge on any atom is 0.416 e. The molecule has 28 nitrogen and oxygen atoms in total. The van der Waals surface area contributed by atoms with Crippen LogP contribution in [0.3, 0.4) is 0 Å². The topological polar surface area (TPSA) is 346 Å². The van der Waals surface area contributed by atoms with Crippen LogP contribution in [0.25, 0.3) is 5.57 Å². The number of nitrogens with zero attached hydrogens (tertiary/aromatic N) is 5. The van der Waals surface area contributed by atoms with Gasteiger partial charge in [0.2, 0.25) is 41.4 Å². The summed E-state index contributed by atoms with van der Waals surface area (Å²) < 4.78 is 30.1. The Morgan fingerprint density at radius 1 is 0.681 bits per heavy atom. The van der Waals surface area contributed by atoms with Gasteiger partial charge in [0.1, 0.15) is 25.3 Å². The van der Waals surface area contributed by atoms with Crippen LogP contribution in [0.1, 0.15) is 151 Å². The Morgan fingerprint density at radius 3 is 2.04 bits per heavy atom. The minimum Gasteiger partial charge on any atom is -0.493 e. The fourth-order valence-electron chi connectivity index (χ4n) is 15.4. The second kappa shape index (κ2) is 35.2. The van der Waals surface area contributed by atoms with Crippen LogP contribution in [0, 0.1) is 23.2 Å². The number of hydrogen-bond acceptors (Lipinski definition) is 18. The number of aliphatic hydroxyl groups is 2. The third-order valence-electron chi connectivity index (χ3n) is 22.1. The number of carbonyl (C=O) groups excluding carboxylic acids is 10. The number of unbranched alkanes of at least 4 members (excludes halogenated alkanes) is 2. The van der Waals surface area contributed by atoms with E-state index in [0.29, 0.717) is 116 Å². The van der Waals surface area contributed by atoms with E-state index in [0.717, 1.165) is 52.8 Å². The molecule has 10 amide bonds. The second-order valence-electron chi connectivity index (χ2n) is 30.1. The maximum atomic E-state index is 14.5. The third kappa shape index (κ3) is 18.3. The summed E-state index contributed by atoms with van der Waals surface area (Å²) >= 11 is 0. The van der Waals surface area contributed by atoms with Crippen LogP contribution in [0.2, 0.25) is 0 Å². The standard InChI is InChI=1S/C85H95N11O17/c1-51(2)78(91-75(100)45-88-74(99)44-87-73(98)27-28-76(101)94-46-59-15-8-7-13-54(59)23-24-58-14-9-10-16-66(58)94)80(104)89-52(3)79(103)90-61-25-17-53(18-26-61)49-113-84(108)96-67-41-72(70(110-5)39-64(67)82(106)95-50-85(31-32-85)42-68(95)83(96)107)112-36-12-6-11-35-111-71-40-65-63(38-69(71)109-4)81(105)93-47-60(37-62(93)43-86-65)56-21-19-55(20-22-56)57-29-33-92(34-30-57)77(102)48-97/h7-10,13-22,25-26,38-41,47,51-52,57,62,68,78,83,86,97,107H,6,11-12,27-37,42-46,48-50H2,1-5H3,(H,87,98)(H,88,99)(H,89,104)(H,90,103)(H,91,100)/t52-,62-,68-,78-,83?/m0/s1. The van der Waals surface area contributed by atoms with E-state index < -0.39 is 85.6 Å². The van der Waals surface area contributed by atoms with Crippen molar-refractivity contribution in [2.24, 2.45) is 11.3 Å². The average Bonchev–Trinajstić information content (AvgIpc) is 1.56. The predicted octanol–water partition coefficient (Wildman–Crippen LogP) is 7.72. The molecule has 8 N–H and O–H groups in total. The Morgan fingerprint density at radius 2 is 1.35 bits per heavy atom. The van der Waals surface area contributed by atoms with Gasteiger partial charge < -0.3 is 85.4 Å². The van der Waals surface area contributed by atoms with Crippen LogP contribution < -0.4 is 60.6 Å². The minimum absolute atomic E-state index is 0.0816. The molecule has 2 saturated heterocycles. The largest absolute Gasteiger partial charge is 0.493 e. The molecule has 1 saturated carbocycles. The normalized spacial score (nSPS) is 18.2. The Kier molecular flexibility index (Phi) is 24.6. The lowest BCUT2D eigenvalue weighted by Gasteiger charge is -2.32. The van der Waals surface area contributed by atoms with E-state index in [1.165, 1.54) is 38.8 Å². The first-order valence-corrected chi connectivity index (χ1v) is 38.5. The lowest BCUT2D eigenvalue weighted by molar-refractivity contribution is -0.135. The highest BCUT2D eigenvalue weighted by Gasteiger charge is 2.58. The van der Waals surface area contributed by atoms with Crippen molar-refractivity contribution in [3.05, 3.63) is 172 Å². The summed E-state index contributed by atoms with van der Waals surface area (Å²) in [7, 11) is 2.99. The fourth-order valence-corrected chi connectivity index (χ4v) is 15.4. The summed E-state index contributed by atoms with van der Waals surface area (Å²) in [5.41, 5.74) is 8.32. The van der Waals surface area contributed by atoms with Crippen molar-refractivity contribution in [1.29, 1.82) is 0 Å². The Hall–Kier alpha value is -12.0. The number of rotatable bonds is 28. The van der Waals surface area contributed by atoms with Crippen molar-refractivity contribution >= 4 is 87.6 Å². The monoisotopic (exact) mass is 1540 g/mol. The van der Waals surface area contributed by atoms with Gasteiger partial charge in [-0.05, 0) is 152 Å². The van der Waals surface area contributed by atoms with Crippen LogP contribution in [-0.2, 0) is 51.5 Å². The molecule has 1 aliphatic carbocycles. The van der Waals surface area contributed by atoms with Gasteiger partial charge in [0.25, 0.3) is 11.8 Å². The summed E-state index contributed by atoms with van der Waals surface area (Å²) in [4.78, 5) is 142. The molecule has 0 radical (unpaired) electrons. The molecule has 6 aliphatic heterocycles. The number of methoxy groups -OCH3 is 2. The molecule has 7 aliphatic rings. The summed E-state index contributed by atoms with van der Waals surface area (Å²) in [6.07, 6.45) is 5.69. The Bertz CT molecular complexity index is 4730. The number of carbonyl (C=O) groups is 10. The zero-order chi connectivity index (χ0) is 79.6. The lowest BCUT2D eigenvalue weighted by Crippen LogP contribution is -2.55. The summed E-state index contributed by atoms with van der Waals surface area (Å²) in [5.74, 6) is 3.35. The van der Waals surface area contributed by atoms with E-state index in [1.54, 1.807) is 69.8 Å². The molecule has 28 heteroatoms. The number of fused-ring (bicyclic) bond motifs is 6. The molecule has 6 aromatic carbocycles. The minimum atomic E-state index is -1.49. The Labute approximate surface area is 655 Å². The van der Waals surface area contributed by atoms with E-state index in [2.05, 4.69) is 68.0 Å². The van der Waals surface area contributed by atoms with Gasteiger partial charge in [0.15, 0.2) is 29.2 Å². The fraction of sp³-hybridized carbons (Fsp3) is 0.412. The molecule has 1 spiro atoms. The number of nitrogens with one attached hydrogen (secondary N) is 6. The third-order valence-corrected chi connectivity index (χ3v) is 22.1. The number of benzene rings is 6. The van der Waals surface area contributed by atoms with Crippen molar-refractivity contribution in [1.82, 2.24) is 36.0 Å². The van der Waals surface area contributed by atoms with Gasteiger partial charge in [-0.2, -0.15) is 0 Å². The molecular formula is C85H95N11O17. The number of para-hydroxylation sites is 1. The van der Waals surface area contributed by atoms with Crippen LogP contribution in [-0.4, -0.2) is 188 Å². The highest BCUT2D eigenvalue weighted by molar-refractivity contribution is 6.07. The van der Waals surface area contributed by atoms with Crippen LogP contribution in [0.5, 0.6) is 23.0 Å². The zero-order valence-corrected chi connectivity index (χ0v) is 64.0. The van der Waals surface area contributed by atoms with Crippen LogP contribution in [0.15, 0.2) is 128 Å². The molecule has 592 valence electrons. The molecule has 6 aromatic rings. The molecule has 5 atom stereocenters. The van der Waals surface area contributed by atoms with Gasteiger partial charge in [0.05, 0.1) is 87.3 Å². The van der Waals surface area contributed by atoms with Gasteiger partial charge in [0, 0.05) is 74.2 Å². The lowest BCUT2D eigenvalue weighted by atomic mass is 9.88. The molecule has 3 fully saturated rings. The van der Waals surface area contributed by atoms with Crippen LogP contribution >= 0.6 is 0 Å². The number of hydrogen-bond donors (Lipinski definition) is 8. The highest BCUT2D eigenvalue weighted by Crippen LogP contribution is 2.57. The van der Waals surface area contributed by atoms with Gasteiger partial charge in [-0.3, -0.25) is 43.2 Å². The first-order chi connectivity index (χ1) is 54.6. The van der Waals surface area contributed by atoms with Crippen LogP contribution in [0.4, 0.5) is 27.5 Å². The van der Waals surface area contributed by atoms with Crippen molar-refractivity contribution < 1.29 is 81.8 Å². The van der Waals surface area contributed by atoms with E-state index in [-0.39, 0.29) is 90.4 Å². The SMILES string of the molecule is COc1cc2c(cc1OCCCCCOc1cc3c(cc1OC)C(=O)N1CC4(CC4)C[C@H]1C(O)N3C(=O)OCc1ccc(NC(=O)[C@H](C)NC(=O)[C@@H](NC(=O)CNC(=O)CNC(=O)CCC(=O)N3Cc4ccccc4C#Cc4ccccc43)C(C)C)cc1)NC[C@@H]1CC(c3ccc(C4CCN(C(=O)CO)CC4)cc3)=CN1C2=O. The molecule has 113 heavy (non-hydrogen) atoms. The molecule has 0 bridgehead atoms. The van der Waals surface area contributed by atoms with E-state index >= 15 is 0 Å². The highest BCUT2D eigenvalue weighted by atomic mass is 16.6. The molecular weight excluding hydrogens is 1450 g/mol. The van der Waals surface area contributed by atoms with Gasteiger partial charge in [-0.25, -0.2) is 9.69 Å². The summed E-state index contributed by atoms with van der Waals surface area (Å²) in [6, 6.07) is 33.3. The number of piperidine rings is 1. The quantitative estimate of drug-likeness (QED) is 0.0172. The van der Waals surface area contributed by atoms with Crippen molar-refractivity contribution in [2.45, 2.75) is 141 Å². The zero-order valence-electron chi connectivity index (χ0n) is 64.0. The van der Waals surface area contributed by atoms with Gasteiger partial charge in [-0.1, -0.05) is 92.4 Å². The van der Waals surface area contributed by atoms with Crippen molar-refractivity contribution in [3.8, 4) is 34.8 Å². The molecule has 6 heterocycles. The van der Waals surface area contributed by atoms with Crippen molar-refractivity contribution in [2.75, 3.05) is 93.7 Å². The van der Waals surface area contributed by atoms with E-state index in [9.17, 15) is 58.2 Å². The smallest absolute Gasteiger partial charge is 0.416 e. The van der Waals surface area contributed by atoms with Gasteiger partial charge in [-0.15, -0.1) is 0 Å². The number of anilines is 4. The van der Waals surface area contributed by atoms with E-state index in [1.807, 2.05) is 54.7 Å². The molecule has 1 unspecified atom stereocenters. The number of amides is 10. The molecule has 0 aromatic heterocycles. The average molecular weight is 1540 g/mol. The van der Waals surface area contributed by atoms with E-state index in [4.69, 9.17) is 23.7 Å². The number of ether oxygens (including phenoxy) is 5. The van der Waals surface area contributed by atoms with Crippen molar-refractivity contribution in [3.63, 3.8) is 0 Å². The first-order valence-electron chi connectivity index (χ1n) is 38.5. The first kappa shape index (κ1) is 79.1. The maximum absolute atomic E-state index is 14.5. The molecule has 13 rings (SSSR count). The van der Waals surface area contributed by atoms with Gasteiger partial charge >= 0.3 is 6.09 Å². The summed E-state index contributed by atoms with van der Waals surface area (Å²) in [5, 5.41) is 37.9. The predicted molar refractivity (Wildman–Crippen MR) is 418 cm³/mol. The number of likely N-dealkylation sites (tertiary alicyclic amines) is 1.